The van der Waals surface area contributed by atoms with Crippen molar-refractivity contribution in [2.45, 2.75) is 45.9 Å². The van der Waals surface area contributed by atoms with Gasteiger partial charge in [0, 0.05) is 48.6 Å². The fraction of sp³-hybridized carbons (Fsp3) is 0.308. The van der Waals surface area contributed by atoms with E-state index in [0.717, 1.165) is 41.7 Å². The molecule has 7 nitrogen and oxygen atoms in total. The SMILES string of the molecule is CC(C)c1noc(COC(=O)c2c3c(nc4ccccc24)CCN(Cc2ccccc2)C3)n1. The fourth-order valence-electron chi connectivity index (χ4n) is 4.22. The molecule has 0 N–H and O–H groups in total. The van der Waals surface area contributed by atoms with Crippen LogP contribution >= 0.6 is 0 Å². The van der Waals surface area contributed by atoms with Gasteiger partial charge in [-0.25, -0.2) is 4.79 Å². The van der Waals surface area contributed by atoms with Crippen LogP contribution in [0.2, 0.25) is 0 Å². The number of rotatable bonds is 6. The Hall–Kier alpha value is -3.58. The first-order chi connectivity index (χ1) is 16.1. The molecule has 2 aromatic heterocycles. The molecular weight excluding hydrogens is 416 g/mol. The lowest BCUT2D eigenvalue weighted by molar-refractivity contribution is 0.0428. The molecule has 0 amide bonds. The number of carbonyl (C=O) groups excluding carboxylic acids is 1. The number of carbonyl (C=O) groups is 1. The Morgan fingerprint density at radius 3 is 2.67 bits per heavy atom. The Kier molecular flexibility index (Phi) is 5.88. The lowest BCUT2D eigenvalue weighted by atomic mass is 9.95. The molecule has 5 rings (SSSR count). The largest absolute Gasteiger partial charge is 0.452 e. The van der Waals surface area contributed by atoms with Crippen molar-refractivity contribution in [2.24, 2.45) is 0 Å². The number of pyridine rings is 1. The monoisotopic (exact) mass is 442 g/mol. The Labute approximate surface area is 192 Å². The Balaban J connectivity index is 1.44. The standard InChI is InChI=1S/C26H26N4O3/c1-17(2)25-28-23(33-29-25)16-32-26(31)24-19-10-6-7-11-21(19)27-22-12-13-30(15-20(22)24)14-18-8-4-3-5-9-18/h3-11,17H,12-16H2,1-2H3. The number of fused-ring (bicyclic) bond motifs is 2. The second-order valence-corrected chi connectivity index (χ2v) is 8.65. The van der Waals surface area contributed by atoms with Gasteiger partial charge in [0.2, 0.25) is 0 Å². The summed E-state index contributed by atoms with van der Waals surface area (Å²) in [5.41, 5.74) is 4.53. The average molecular weight is 443 g/mol. The fourth-order valence-corrected chi connectivity index (χ4v) is 4.22. The van der Waals surface area contributed by atoms with Crippen LogP contribution in [-0.2, 0) is 30.9 Å². The molecule has 0 bridgehead atoms. The lowest BCUT2D eigenvalue weighted by Crippen LogP contribution is -2.32. The molecule has 3 heterocycles. The smallest absolute Gasteiger partial charge is 0.339 e. The van der Waals surface area contributed by atoms with Crippen molar-refractivity contribution in [1.29, 1.82) is 0 Å². The van der Waals surface area contributed by atoms with Gasteiger partial charge in [0.15, 0.2) is 12.4 Å². The first-order valence-electron chi connectivity index (χ1n) is 11.2. The van der Waals surface area contributed by atoms with Crippen molar-refractivity contribution in [3.05, 3.63) is 88.7 Å². The van der Waals surface area contributed by atoms with E-state index in [0.29, 0.717) is 23.8 Å². The van der Waals surface area contributed by atoms with Crippen LogP contribution in [0.3, 0.4) is 0 Å². The topological polar surface area (TPSA) is 81.3 Å². The molecule has 0 saturated carbocycles. The third-order valence-electron chi connectivity index (χ3n) is 5.91. The van der Waals surface area contributed by atoms with Crippen molar-refractivity contribution in [3.63, 3.8) is 0 Å². The highest BCUT2D eigenvalue weighted by Gasteiger charge is 2.27. The molecule has 1 aliphatic rings. The van der Waals surface area contributed by atoms with Gasteiger partial charge >= 0.3 is 5.97 Å². The summed E-state index contributed by atoms with van der Waals surface area (Å²) < 4.78 is 10.9. The van der Waals surface area contributed by atoms with Gasteiger partial charge in [0.1, 0.15) is 0 Å². The summed E-state index contributed by atoms with van der Waals surface area (Å²) in [5.74, 6) is 0.648. The van der Waals surface area contributed by atoms with Gasteiger partial charge in [-0.05, 0) is 11.6 Å². The second-order valence-electron chi connectivity index (χ2n) is 8.65. The molecular formula is C26H26N4O3. The van der Waals surface area contributed by atoms with Gasteiger partial charge in [-0.15, -0.1) is 0 Å². The Morgan fingerprint density at radius 1 is 1.09 bits per heavy atom. The van der Waals surface area contributed by atoms with E-state index in [9.17, 15) is 4.79 Å². The highest BCUT2D eigenvalue weighted by molar-refractivity contribution is 6.05. The van der Waals surface area contributed by atoms with Crippen molar-refractivity contribution in [2.75, 3.05) is 6.54 Å². The van der Waals surface area contributed by atoms with Crippen LogP contribution in [0.1, 0.15) is 58.7 Å². The quantitative estimate of drug-likeness (QED) is 0.402. The van der Waals surface area contributed by atoms with Crippen molar-refractivity contribution < 1.29 is 14.1 Å². The Morgan fingerprint density at radius 2 is 1.88 bits per heavy atom. The molecule has 0 atom stereocenters. The predicted octanol–water partition coefficient (Wildman–Crippen LogP) is 4.66. The summed E-state index contributed by atoms with van der Waals surface area (Å²) in [6, 6.07) is 18.1. The number of hydrogen-bond donors (Lipinski definition) is 0. The molecule has 2 aromatic carbocycles. The zero-order valence-corrected chi connectivity index (χ0v) is 18.8. The summed E-state index contributed by atoms with van der Waals surface area (Å²) in [7, 11) is 0. The first-order valence-corrected chi connectivity index (χ1v) is 11.2. The van der Waals surface area contributed by atoms with E-state index in [4.69, 9.17) is 14.2 Å². The van der Waals surface area contributed by atoms with Crippen LogP contribution < -0.4 is 0 Å². The molecule has 0 radical (unpaired) electrons. The van der Waals surface area contributed by atoms with Crippen molar-refractivity contribution >= 4 is 16.9 Å². The van der Waals surface area contributed by atoms with Crippen LogP contribution in [0.15, 0.2) is 59.1 Å². The van der Waals surface area contributed by atoms with E-state index < -0.39 is 5.97 Å². The van der Waals surface area contributed by atoms with Gasteiger partial charge in [-0.1, -0.05) is 67.5 Å². The van der Waals surface area contributed by atoms with E-state index in [1.807, 2.05) is 56.3 Å². The molecule has 0 saturated heterocycles. The molecule has 0 spiro atoms. The summed E-state index contributed by atoms with van der Waals surface area (Å²) in [5, 5.41) is 4.74. The van der Waals surface area contributed by atoms with Gasteiger partial charge in [0.25, 0.3) is 5.89 Å². The maximum absolute atomic E-state index is 13.4. The van der Waals surface area contributed by atoms with Crippen LogP contribution in [0.5, 0.6) is 0 Å². The number of benzene rings is 2. The van der Waals surface area contributed by atoms with E-state index >= 15 is 0 Å². The van der Waals surface area contributed by atoms with Crippen LogP contribution in [0, 0.1) is 0 Å². The number of hydrogen-bond acceptors (Lipinski definition) is 7. The minimum absolute atomic E-state index is 0.0578. The number of para-hydroxylation sites is 1. The molecule has 33 heavy (non-hydrogen) atoms. The number of nitrogens with zero attached hydrogens (tertiary/aromatic N) is 4. The van der Waals surface area contributed by atoms with Crippen molar-refractivity contribution in [1.82, 2.24) is 20.0 Å². The van der Waals surface area contributed by atoms with Gasteiger partial charge in [-0.2, -0.15) is 4.98 Å². The van der Waals surface area contributed by atoms with Crippen LogP contribution in [-0.4, -0.2) is 32.5 Å². The lowest BCUT2D eigenvalue weighted by Gasteiger charge is -2.30. The first kappa shape index (κ1) is 21.3. The second kappa shape index (κ2) is 9.11. The zero-order valence-electron chi connectivity index (χ0n) is 18.8. The van der Waals surface area contributed by atoms with Crippen LogP contribution in [0.4, 0.5) is 0 Å². The molecule has 0 fully saturated rings. The Bertz CT molecular complexity index is 1280. The van der Waals surface area contributed by atoms with Gasteiger partial charge < -0.3 is 9.26 Å². The summed E-state index contributed by atoms with van der Waals surface area (Å²) >= 11 is 0. The molecule has 1 aliphatic heterocycles. The number of aromatic nitrogens is 3. The summed E-state index contributed by atoms with van der Waals surface area (Å²) in [6.07, 6.45) is 0.786. The summed E-state index contributed by atoms with van der Waals surface area (Å²) in [6.45, 7) is 6.26. The minimum atomic E-state index is -0.393. The maximum atomic E-state index is 13.4. The predicted molar refractivity (Wildman–Crippen MR) is 124 cm³/mol. The maximum Gasteiger partial charge on any atom is 0.339 e. The summed E-state index contributed by atoms with van der Waals surface area (Å²) in [4.78, 5) is 24.9. The molecule has 0 aliphatic carbocycles. The highest BCUT2D eigenvalue weighted by atomic mass is 16.6. The minimum Gasteiger partial charge on any atom is -0.452 e. The normalized spacial score (nSPS) is 13.9. The van der Waals surface area contributed by atoms with E-state index in [-0.39, 0.29) is 12.5 Å². The van der Waals surface area contributed by atoms with Crippen LogP contribution in [0.25, 0.3) is 10.9 Å². The van der Waals surface area contributed by atoms with Gasteiger partial charge in [-0.3, -0.25) is 9.88 Å². The van der Waals surface area contributed by atoms with Crippen molar-refractivity contribution in [3.8, 4) is 0 Å². The van der Waals surface area contributed by atoms with E-state index in [1.54, 1.807) is 0 Å². The average Bonchev–Trinajstić information content (AvgIpc) is 3.31. The third-order valence-corrected chi connectivity index (χ3v) is 5.91. The van der Waals surface area contributed by atoms with Gasteiger partial charge in [0.05, 0.1) is 11.1 Å². The van der Waals surface area contributed by atoms with E-state index in [1.165, 1.54) is 5.56 Å². The highest BCUT2D eigenvalue weighted by Crippen LogP contribution is 2.29. The molecule has 0 unspecified atom stereocenters. The third kappa shape index (κ3) is 4.50. The zero-order chi connectivity index (χ0) is 22.8. The molecule has 7 heteroatoms. The molecule has 4 aromatic rings. The molecule has 168 valence electrons. The van der Waals surface area contributed by atoms with E-state index in [2.05, 4.69) is 27.2 Å². The number of ether oxygens (including phenoxy) is 1. The number of esters is 1.